The van der Waals surface area contributed by atoms with E-state index in [0.717, 1.165) is 27.6 Å². The number of nitrogens with zero attached hydrogens (tertiary/aromatic N) is 2. The standard InChI is InChI=1S/C41H26N2S/c1-4-13-27(14-5-1)28-23-25-31(26-24-28)43(30-17-8-3-9-18-30)39-34-20-11-10-19-32(34)33-21-12-22-35-36(33)37(39)38-40(35)44-41(42-38)29-15-6-2-7-16-29/h1-26H. The minimum absolute atomic E-state index is 1.05. The highest BCUT2D eigenvalue weighted by atomic mass is 32.1. The molecule has 0 saturated carbocycles. The van der Waals surface area contributed by atoms with Crippen molar-refractivity contribution in [2.75, 3.05) is 4.90 Å². The topological polar surface area (TPSA) is 16.1 Å². The van der Waals surface area contributed by atoms with Crippen LogP contribution in [0.15, 0.2) is 158 Å². The molecule has 0 bridgehead atoms. The van der Waals surface area contributed by atoms with E-state index in [4.69, 9.17) is 4.98 Å². The lowest BCUT2D eigenvalue weighted by molar-refractivity contribution is 1.30. The number of para-hydroxylation sites is 1. The van der Waals surface area contributed by atoms with Crippen LogP contribution in [-0.2, 0) is 0 Å². The summed E-state index contributed by atoms with van der Waals surface area (Å²) in [4.78, 5) is 9.06. The Kier molecular flexibility index (Phi) is 5.71. The molecule has 7 aromatic carbocycles. The van der Waals surface area contributed by atoms with E-state index in [0.29, 0.717) is 0 Å². The fraction of sp³-hybridized carbons (Fsp3) is 0. The van der Waals surface area contributed by atoms with Gasteiger partial charge in [0.15, 0.2) is 0 Å². The van der Waals surface area contributed by atoms with Crippen LogP contribution in [-0.4, -0.2) is 4.98 Å². The van der Waals surface area contributed by atoms with Crippen LogP contribution in [0, 0.1) is 0 Å². The van der Waals surface area contributed by atoms with Crippen molar-refractivity contribution in [2.45, 2.75) is 0 Å². The summed E-state index contributed by atoms with van der Waals surface area (Å²) in [6.07, 6.45) is 0. The molecule has 0 saturated heterocycles. The summed E-state index contributed by atoms with van der Waals surface area (Å²) < 4.78 is 0. The smallest absolute Gasteiger partial charge is 0.124 e. The Bertz CT molecular complexity index is 2310. The van der Waals surface area contributed by atoms with Crippen LogP contribution in [0.2, 0.25) is 0 Å². The van der Waals surface area contributed by atoms with Gasteiger partial charge in [-0.3, -0.25) is 0 Å². The molecule has 1 aliphatic rings. The second kappa shape index (κ2) is 10.0. The van der Waals surface area contributed by atoms with E-state index in [-0.39, 0.29) is 0 Å². The van der Waals surface area contributed by atoms with Gasteiger partial charge in [0, 0.05) is 38.8 Å². The molecule has 0 N–H and O–H groups in total. The van der Waals surface area contributed by atoms with E-state index in [1.807, 2.05) is 0 Å². The van der Waals surface area contributed by atoms with Gasteiger partial charge in [-0.15, -0.1) is 11.3 Å². The minimum atomic E-state index is 1.05. The quantitative estimate of drug-likeness (QED) is 0.189. The summed E-state index contributed by atoms with van der Waals surface area (Å²) >= 11 is 1.79. The highest BCUT2D eigenvalue weighted by molar-refractivity contribution is 7.19. The van der Waals surface area contributed by atoms with Crippen molar-refractivity contribution >= 4 is 49.9 Å². The number of aromatic nitrogens is 1. The van der Waals surface area contributed by atoms with E-state index >= 15 is 0 Å². The Morgan fingerprint density at radius 3 is 1.75 bits per heavy atom. The van der Waals surface area contributed by atoms with Crippen molar-refractivity contribution in [3.8, 4) is 43.4 Å². The lowest BCUT2D eigenvalue weighted by Gasteiger charge is -2.29. The maximum atomic E-state index is 5.38. The molecule has 1 aromatic heterocycles. The summed E-state index contributed by atoms with van der Waals surface area (Å²) in [5.74, 6) is 0. The molecule has 0 atom stereocenters. The van der Waals surface area contributed by atoms with Crippen molar-refractivity contribution in [3.05, 3.63) is 158 Å². The van der Waals surface area contributed by atoms with E-state index in [1.54, 1.807) is 11.3 Å². The summed E-state index contributed by atoms with van der Waals surface area (Å²) in [5.41, 5.74) is 10.5. The van der Waals surface area contributed by atoms with Crippen LogP contribution >= 0.6 is 11.3 Å². The van der Waals surface area contributed by atoms with Gasteiger partial charge in [0.05, 0.1) is 16.3 Å². The van der Waals surface area contributed by atoms with Gasteiger partial charge < -0.3 is 4.90 Å². The van der Waals surface area contributed by atoms with Gasteiger partial charge in [-0.2, -0.15) is 0 Å². The van der Waals surface area contributed by atoms with E-state index in [9.17, 15) is 0 Å². The van der Waals surface area contributed by atoms with E-state index < -0.39 is 0 Å². The number of anilines is 3. The average Bonchev–Trinajstić information content (AvgIpc) is 3.67. The Morgan fingerprint density at radius 2 is 1.02 bits per heavy atom. The third-order valence-electron chi connectivity index (χ3n) is 8.62. The Balaban J connectivity index is 1.36. The number of hydrogen-bond acceptors (Lipinski definition) is 3. The highest BCUT2D eigenvalue weighted by Crippen LogP contribution is 2.58. The molecule has 0 unspecified atom stereocenters. The fourth-order valence-electron chi connectivity index (χ4n) is 6.67. The van der Waals surface area contributed by atoms with Crippen molar-refractivity contribution in [1.29, 1.82) is 0 Å². The number of hydrogen-bond donors (Lipinski definition) is 0. The van der Waals surface area contributed by atoms with Crippen LogP contribution < -0.4 is 4.90 Å². The lowest BCUT2D eigenvalue weighted by atomic mass is 9.93. The Morgan fingerprint density at radius 1 is 0.455 bits per heavy atom. The van der Waals surface area contributed by atoms with E-state index in [2.05, 4.69) is 163 Å². The first-order valence-corrected chi connectivity index (χ1v) is 15.7. The van der Waals surface area contributed by atoms with Crippen LogP contribution in [0.3, 0.4) is 0 Å². The zero-order chi connectivity index (χ0) is 29.0. The van der Waals surface area contributed by atoms with Gasteiger partial charge in [0.1, 0.15) is 5.01 Å². The maximum Gasteiger partial charge on any atom is 0.124 e. The molecule has 0 aliphatic heterocycles. The number of benzene rings is 7. The summed E-state index contributed by atoms with van der Waals surface area (Å²) in [6, 6.07) is 56.4. The predicted molar refractivity (Wildman–Crippen MR) is 187 cm³/mol. The monoisotopic (exact) mass is 578 g/mol. The first-order chi connectivity index (χ1) is 21.8. The fourth-order valence-corrected chi connectivity index (χ4v) is 7.78. The van der Waals surface area contributed by atoms with Crippen molar-refractivity contribution in [1.82, 2.24) is 4.98 Å². The highest BCUT2D eigenvalue weighted by Gasteiger charge is 2.33. The van der Waals surface area contributed by atoms with Crippen LogP contribution in [0.4, 0.5) is 17.1 Å². The normalized spacial score (nSPS) is 11.6. The molecule has 8 aromatic rings. The molecule has 0 fully saturated rings. The molecule has 2 nitrogen and oxygen atoms in total. The van der Waals surface area contributed by atoms with E-state index in [1.165, 1.54) is 54.4 Å². The first kappa shape index (κ1) is 25.0. The van der Waals surface area contributed by atoms with Crippen molar-refractivity contribution in [3.63, 3.8) is 0 Å². The molecule has 1 heterocycles. The molecule has 0 amide bonds. The molecular formula is C41H26N2S. The van der Waals surface area contributed by atoms with Gasteiger partial charge in [-0.05, 0) is 46.2 Å². The van der Waals surface area contributed by atoms with Gasteiger partial charge in [-0.1, -0.05) is 133 Å². The Hall–Kier alpha value is -5.51. The molecule has 0 spiro atoms. The van der Waals surface area contributed by atoms with Gasteiger partial charge in [-0.25, -0.2) is 4.98 Å². The average molecular weight is 579 g/mol. The zero-order valence-electron chi connectivity index (χ0n) is 23.8. The van der Waals surface area contributed by atoms with Gasteiger partial charge in [0.25, 0.3) is 0 Å². The molecule has 9 rings (SSSR count). The number of rotatable bonds is 5. The number of thiazole rings is 1. The lowest BCUT2D eigenvalue weighted by Crippen LogP contribution is -2.12. The minimum Gasteiger partial charge on any atom is -0.309 e. The van der Waals surface area contributed by atoms with Crippen LogP contribution in [0.25, 0.3) is 64.9 Å². The maximum absolute atomic E-state index is 5.38. The van der Waals surface area contributed by atoms with Crippen molar-refractivity contribution < 1.29 is 0 Å². The zero-order valence-corrected chi connectivity index (χ0v) is 24.6. The molecule has 206 valence electrons. The summed E-state index contributed by atoms with van der Waals surface area (Å²) in [7, 11) is 0. The van der Waals surface area contributed by atoms with Crippen molar-refractivity contribution in [2.24, 2.45) is 0 Å². The number of fused-ring (bicyclic) bond motifs is 5. The van der Waals surface area contributed by atoms with Crippen LogP contribution in [0.1, 0.15) is 0 Å². The predicted octanol–water partition coefficient (Wildman–Crippen LogP) is 11.9. The Labute approximate surface area is 260 Å². The molecule has 1 aliphatic carbocycles. The van der Waals surface area contributed by atoms with Crippen LogP contribution in [0.5, 0.6) is 0 Å². The third-order valence-corrected chi connectivity index (χ3v) is 9.76. The first-order valence-electron chi connectivity index (χ1n) is 14.9. The molecule has 44 heavy (non-hydrogen) atoms. The van der Waals surface area contributed by atoms with Gasteiger partial charge >= 0.3 is 0 Å². The summed E-state index contributed by atoms with van der Waals surface area (Å²) in [6.45, 7) is 0. The third kappa shape index (κ3) is 3.83. The molecule has 3 heteroatoms. The second-order valence-electron chi connectivity index (χ2n) is 11.1. The summed E-state index contributed by atoms with van der Waals surface area (Å²) in [5, 5.41) is 6.08. The second-order valence-corrected chi connectivity index (χ2v) is 12.1. The molecule has 0 radical (unpaired) electrons. The molecular weight excluding hydrogens is 553 g/mol. The van der Waals surface area contributed by atoms with Gasteiger partial charge in [0.2, 0.25) is 0 Å². The largest absolute Gasteiger partial charge is 0.309 e. The SMILES string of the molecule is c1ccc(-c2ccc(N(c3ccccc3)c3c4c5c(cccc5c5ccccc35)-c3sc(-c5ccccc5)nc3-4)cc2)cc1.